The van der Waals surface area contributed by atoms with Gasteiger partial charge in [-0.25, -0.2) is 9.48 Å². The molecule has 7 nitrogen and oxygen atoms in total. The van der Waals surface area contributed by atoms with Crippen molar-refractivity contribution in [1.82, 2.24) is 24.9 Å². The zero-order chi connectivity index (χ0) is 19.3. The summed E-state index contributed by atoms with van der Waals surface area (Å²) in [4.78, 5) is 17.5. The molecule has 1 aromatic carbocycles. The van der Waals surface area contributed by atoms with Gasteiger partial charge in [0.25, 0.3) is 0 Å². The summed E-state index contributed by atoms with van der Waals surface area (Å²) in [7, 11) is 0. The molecule has 0 spiro atoms. The number of hydrogen-bond donors (Lipinski definition) is 1. The Balaban J connectivity index is 0.00000240. The topological polar surface area (TPSA) is 62.6 Å². The van der Waals surface area contributed by atoms with Gasteiger partial charge >= 0.3 is 5.97 Å². The zero-order valence-electron chi connectivity index (χ0n) is 16.9. The minimum Gasteiger partial charge on any atom is -0.461 e. The van der Waals surface area contributed by atoms with Crippen molar-refractivity contribution in [3.8, 4) is 5.69 Å². The molecule has 2 aliphatic rings. The van der Waals surface area contributed by atoms with Gasteiger partial charge in [0, 0.05) is 63.6 Å². The van der Waals surface area contributed by atoms with Gasteiger partial charge < -0.3 is 10.1 Å². The van der Waals surface area contributed by atoms with Crippen LogP contribution in [0.2, 0.25) is 0 Å². The third-order valence-corrected chi connectivity index (χ3v) is 5.59. The highest BCUT2D eigenvalue weighted by molar-refractivity contribution is 5.88. The zero-order valence-corrected chi connectivity index (χ0v) is 17.7. The fourth-order valence-electron chi connectivity index (χ4n) is 4.15. The Kier molecular flexibility index (Phi) is 7.66. The molecule has 0 amide bonds. The number of ether oxygens (including phenoxy) is 1. The van der Waals surface area contributed by atoms with E-state index in [1.165, 1.54) is 6.42 Å². The van der Waals surface area contributed by atoms with Crippen LogP contribution in [-0.2, 0) is 11.3 Å². The second kappa shape index (κ2) is 10.2. The van der Waals surface area contributed by atoms with Crippen molar-refractivity contribution < 1.29 is 9.53 Å². The number of carbonyl (C=O) groups is 1. The molecule has 4 rings (SSSR count). The number of nitrogens with one attached hydrogen (secondary N) is 1. The van der Waals surface area contributed by atoms with E-state index in [1.807, 2.05) is 43.5 Å². The number of halogens is 1. The lowest BCUT2D eigenvalue weighted by Crippen LogP contribution is -2.49. The van der Waals surface area contributed by atoms with Gasteiger partial charge in [0.2, 0.25) is 0 Å². The van der Waals surface area contributed by atoms with E-state index < -0.39 is 0 Å². The molecule has 0 aliphatic carbocycles. The highest BCUT2D eigenvalue weighted by atomic mass is 35.5. The molecule has 0 saturated carbocycles. The Morgan fingerprint density at radius 2 is 1.97 bits per heavy atom. The Hall–Kier alpha value is -1.93. The molecular weight excluding hydrogens is 390 g/mol. The second-order valence-corrected chi connectivity index (χ2v) is 7.47. The number of esters is 1. The van der Waals surface area contributed by atoms with Gasteiger partial charge in [0.15, 0.2) is 5.69 Å². The summed E-state index contributed by atoms with van der Waals surface area (Å²) in [6.45, 7) is 9.39. The molecule has 0 bridgehead atoms. The summed E-state index contributed by atoms with van der Waals surface area (Å²) in [6.07, 6.45) is 3.15. The van der Waals surface area contributed by atoms with E-state index in [4.69, 9.17) is 4.74 Å². The average Bonchev–Trinajstić information content (AvgIpc) is 3.37. The van der Waals surface area contributed by atoms with Crippen molar-refractivity contribution >= 4 is 18.4 Å². The van der Waals surface area contributed by atoms with Gasteiger partial charge in [-0.1, -0.05) is 18.2 Å². The van der Waals surface area contributed by atoms with E-state index in [0.29, 0.717) is 18.3 Å². The molecule has 2 aromatic rings. The first kappa shape index (κ1) is 21.8. The summed E-state index contributed by atoms with van der Waals surface area (Å²) in [5.74, 6) is -0.343. The predicted molar refractivity (Wildman–Crippen MR) is 115 cm³/mol. The minimum absolute atomic E-state index is 0. The Morgan fingerprint density at radius 1 is 1.21 bits per heavy atom. The van der Waals surface area contributed by atoms with E-state index in [2.05, 4.69) is 20.2 Å². The number of likely N-dealkylation sites (tertiary alicyclic amines) is 1. The van der Waals surface area contributed by atoms with Crippen LogP contribution in [0.15, 0.2) is 36.5 Å². The van der Waals surface area contributed by atoms with Crippen molar-refractivity contribution in [2.75, 3.05) is 45.9 Å². The largest absolute Gasteiger partial charge is 0.461 e. The number of piperazine rings is 1. The maximum absolute atomic E-state index is 12.5. The Labute approximate surface area is 178 Å². The Morgan fingerprint density at radius 3 is 2.69 bits per heavy atom. The molecule has 158 valence electrons. The average molecular weight is 420 g/mol. The van der Waals surface area contributed by atoms with E-state index in [1.54, 1.807) is 4.68 Å². The summed E-state index contributed by atoms with van der Waals surface area (Å²) in [5.41, 5.74) is 2.30. The molecule has 1 aromatic heterocycles. The lowest BCUT2D eigenvalue weighted by Gasteiger charge is -2.32. The van der Waals surface area contributed by atoms with Crippen molar-refractivity contribution in [3.05, 3.63) is 47.8 Å². The van der Waals surface area contributed by atoms with Crippen molar-refractivity contribution in [2.45, 2.75) is 25.9 Å². The van der Waals surface area contributed by atoms with Crippen molar-refractivity contribution in [2.24, 2.45) is 0 Å². The molecule has 2 fully saturated rings. The van der Waals surface area contributed by atoms with E-state index in [0.717, 1.165) is 57.1 Å². The number of aromatic nitrogens is 2. The molecule has 8 heteroatoms. The van der Waals surface area contributed by atoms with Crippen LogP contribution in [0.25, 0.3) is 5.69 Å². The lowest BCUT2D eigenvalue weighted by molar-refractivity contribution is 0.0516. The van der Waals surface area contributed by atoms with Crippen LogP contribution in [0.4, 0.5) is 0 Å². The highest BCUT2D eigenvalue weighted by Crippen LogP contribution is 2.21. The second-order valence-electron chi connectivity index (χ2n) is 7.47. The smallest absolute Gasteiger partial charge is 0.359 e. The third kappa shape index (κ3) is 5.17. The van der Waals surface area contributed by atoms with Gasteiger partial charge in [-0.05, 0) is 25.5 Å². The molecule has 0 radical (unpaired) electrons. The van der Waals surface area contributed by atoms with Crippen LogP contribution in [0, 0.1) is 0 Å². The molecule has 1 atom stereocenters. The number of para-hydroxylation sites is 1. The van der Waals surface area contributed by atoms with E-state index in [9.17, 15) is 4.79 Å². The molecule has 1 unspecified atom stereocenters. The normalized spacial score (nSPS) is 20.4. The molecule has 3 heterocycles. The number of benzene rings is 1. The first-order valence-corrected chi connectivity index (χ1v) is 10.2. The maximum Gasteiger partial charge on any atom is 0.359 e. The van der Waals surface area contributed by atoms with Gasteiger partial charge in [0.1, 0.15) is 0 Å². The molecular formula is C21H30ClN5O2. The Bertz CT molecular complexity index is 792. The summed E-state index contributed by atoms with van der Waals surface area (Å²) >= 11 is 0. The van der Waals surface area contributed by atoms with Crippen LogP contribution in [0.1, 0.15) is 29.4 Å². The maximum atomic E-state index is 12.5. The molecule has 2 saturated heterocycles. The van der Waals surface area contributed by atoms with Crippen LogP contribution >= 0.6 is 12.4 Å². The summed E-state index contributed by atoms with van der Waals surface area (Å²) < 4.78 is 7.03. The first-order valence-electron chi connectivity index (χ1n) is 10.2. The number of rotatable bonds is 6. The van der Waals surface area contributed by atoms with Crippen LogP contribution < -0.4 is 5.32 Å². The number of carbonyl (C=O) groups excluding carboxylic acids is 1. The fourth-order valence-corrected chi connectivity index (χ4v) is 4.15. The summed E-state index contributed by atoms with van der Waals surface area (Å²) in [5, 5.41) is 7.97. The van der Waals surface area contributed by atoms with Crippen LogP contribution in [0.3, 0.4) is 0 Å². The quantitative estimate of drug-likeness (QED) is 0.722. The molecule has 1 N–H and O–H groups in total. The van der Waals surface area contributed by atoms with E-state index >= 15 is 0 Å². The highest BCUT2D eigenvalue weighted by Gasteiger charge is 2.30. The number of hydrogen-bond acceptors (Lipinski definition) is 6. The van der Waals surface area contributed by atoms with Gasteiger partial charge in [-0.2, -0.15) is 5.10 Å². The first-order chi connectivity index (χ1) is 13.7. The van der Waals surface area contributed by atoms with Gasteiger partial charge in [-0.3, -0.25) is 9.80 Å². The monoisotopic (exact) mass is 419 g/mol. The fraction of sp³-hybridized carbons (Fsp3) is 0.524. The van der Waals surface area contributed by atoms with Crippen LogP contribution in [0.5, 0.6) is 0 Å². The SMILES string of the molecule is CCOC(=O)c1nn(-c2ccccc2)cc1CN1CCC(N2CCNCC2)C1.Cl. The van der Waals surface area contributed by atoms with Crippen LogP contribution in [-0.4, -0.2) is 77.5 Å². The third-order valence-electron chi connectivity index (χ3n) is 5.59. The number of nitrogens with zero attached hydrogens (tertiary/aromatic N) is 4. The lowest BCUT2D eigenvalue weighted by atomic mass is 10.2. The predicted octanol–water partition coefficient (Wildman–Crippen LogP) is 1.95. The molecule has 29 heavy (non-hydrogen) atoms. The van der Waals surface area contributed by atoms with E-state index in [-0.39, 0.29) is 18.4 Å². The van der Waals surface area contributed by atoms with Gasteiger partial charge in [0.05, 0.1) is 12.3 Å². The van der Waals surface area contributed by atoms with Crippen molar-refractivity contribution in [3.63, 3.8) is 0 Å². The summed E-state index contributed by atoms with van der Waals surface area (Å²) in [6, 6.07) is 10.5. The molecule has 2 aliphatic heterocycles. The standard InChI is InChI=1S/C21H29N5O2.ClH/c1-2-28-21(27)20-17(15-26(23-20)18-6-4-3-5-7-18)14-24-11-8-19(16-24)25-12-9-22-10-13-25;/h3-7,15,19,22H,2,8-14,16H2,1H3;1H. The minimum atomic E-state index is -0.343. The van der Waals surface area contributed by atoms with Gasteiger partial charge in [-0.15, -0.1) is 12.4 Å². The van der Waals surface area contributed by atoms with Crippen molar-refractivity contribution in [1.29, 1.82) is 0 Å².